The van der Waals surface area contributed by atoms with Crippen LogP contribution in [0.3, 0.4) is 0 Å². The summed E-state index contributed by atoms with van der Waals surface area (Å²) in [7, 11) is 0. The number of nitrogens with one attached hydrogen (secondary N) is 3. The lowest BCUT2D eigenvalue weighted by molar-refractivity contribution is 0.475. The van der Waals surface area contributed by atoms with Crippen LogP contribution in [0.4, 0.5) is 27.5 Å². The number of benzene rings is 2. The summed E-state index contributed by atoms with van der Waals surface area (Å²) in [5, 5.41) is 23.1. The summed E-state index contributed by atoms with van der Waals surface area (Å²) < 4.78 is 14.0. The molecule has 0 aliphatic carbocycles. The Morgan fingerprint density at radius 3 is 2.76 bits per heavy atom. The van der Waals surface area contributed by atoms with Crippen molar-refractivity contribution in [2.75, 3.05) is 10.6 Å². The molecule has 0 unspecified atom stereocenters. The third kappa shape index (κ3) is 3.18. The van der Waals surface area contributed by atoms with E-state index < -0.39 is 5.82 Å². The number of halogens is 1. The van der Waals surface area contributed by atoms with Gasteiger partial charge in [-0.25, -0.2) is 9.37 Å². The number of H-pyrrole nitrogens is 1. The van der Waals surface area contributed by atoms with Gasteiger partial charge < -0.3 is 15.7 Å². The van der Waals surface area contributed by atoms with E-state index in [-0.39, 0.29) is 17.5 Å². The third-order valence-electron chi connectivity index (χ3n) is 3.55. The molecule has 7 nitrogen and oxygen atoms in total. The van der Waals surface area contributed by atoms with E-state index in [1.54, 1.807) is 30.5 Å². The van der Waals surface area contributed by atoms with Crippen molar-refractivity contribution in [3.63, 3.8) is 0 Å². The number of aromatic hydroxyl groups is 1. The molecule has 25 heavy (non-hydrogen) atoms. The Hall–Kier alpha value is -3.68. The minimum Gasteiger partial charge on any atom is -0.508 e. The molecule has 4 rings (SSSR count). The highest BCUT2D eigenvalue weighted by molar-refractivity contribution is 5.82. The largest absolute Gasteiger partial charge is 0.508 e. The number of phenolic OH excluding ortho intramolecular Hbond substituents is 1. The van der Waals surface area contributed by atoms with Crippen LogP contribution in [0.5, 0.6) is 5.75 Å². The van der Waals surface area contributed by atoms with Crippen LogP contribution in [0.1, 0.15) is 0 Å². The zero-order valence-electron chi connectivity index (χ0n) is 12.9. The van der Waals surface area contributed by atoms with Crippen LogP contribution in [0.25, 0.3) is 10.9 Å². The first-order valence-electron chi connectivity index (χ1n) is 7.46. The molecule has 124 valence electrons. The highest BCUT2D eigenvalue weighted by Gasteiger charge is 2.09. The lowest BCUT2D eigenvalue weighted by Gasteiger charge is -2.10. The minimum atomic E-state index is -0.575. The van der Waals surface area contributed by atoms with Gasteiger partial charge in [0.05, 0.1) is 17.9 Å². The average Bonchev–Trinajstić information content (AvgIpc) is 3.06. The summed E-state index contributed by atoms with van der Waals surface area (Å²) in [6.07, 6.45) is 2.77. The maximum absolute atomic E-state index is 14.0. The number of nitrogens with zero attached hydrogens (tertiary/aromatic N) is 3. The van der Waals surface area contributed by atoms with Crippen LogP contribution in [0.2, 0.25) is 0 Å². The molecule has 0 aliphatic rings. The third-order valence-corrected chi connectivity index (χ3v) is 3.55. The highest BCUT2D eigenvalue weighted by atomic mass is 19.1. The topological polar surface area (TPSA) is 98.8 Å². The molecule has 2 aromatic carbocycles. The van der Waals surface area contributed by atoms with E-state index in [1.807, 2.05) is 12.1 Å². The number of hydrogen-bond donors (Lipinski definition) is 4. The van der Waals surface area contributed by atoms with Gasteiger partial charge in [-0.2, -0.15) is 10.1 Å². The maximum Gasteiger partial charge on any atom is 0.229 e. The number of aromatic amines is 1. The number of rotatable bonds is 4. The molecule has 4 N–H and O–H groups in total. The fourth-order valence-electron chi connectivity index (χ4n) is 2.38. The van der Waals surface area contributed by atoms with Gasteiger partial charge in [0.15, 0.2) is 11.6 Å². The normalized spacial score (nSPS) is 10.8. The van der Waals surface area contributed by atoms with Gasteiger partial charge in [-0.1, -0.05) is 6.07 Å². The van der Waals surface area contributed by atoms with E-state index in [4.69, 9.17) is 0 Å². The number of aromatic nitrogens is 4. The van der Waals surface area contributed by atoms with Crippen LogP contribution in [0.15, 0.2) is 54.9 Å². The monoisotopic (exact) mass is 336 g/mol. The molecule has 8 heteroatoms. The van der Waals surface area contributed by atoms with Gasteiger partial charge in [-0.15, -0.1) is 0 Å². The fraction of sp³-hybridized carbons (Fsp3) is 0. The number of fused-ring (bicyclic) bond motifs is 1. The van der Waals surface area contributed by atoms with Gasteiger partial charge in [0, 0.05) is 22.8 Å². The zero-order chi connectivity index (χ0) is 17.2. The van der Waals surface area contributed by atoms with Gasteiger partial charge in [0.1, 0.15) is 5.75 Å². The Bertz CT molecular complexity index is 1050. The van der Waals surface area contributed by atoms with Crippen LogP contribution in [-0.4, -0.2) is 25.3 Å². The quantitative estimate of drug-likeness (QED) is 0.454. The van der Waals surface area contributed by atoms with Crippen LogP contribution >= 0.6 is 0 Å². The van der Waals surface area contributed by atoms with E-state index in [1.165, 1.54) is 6.07 Å². The Morgan fingerprint density at radius 2 is 1.88 bits per heavy atom. The number of hydrogen-bond acceptors (Lipinski definition) is 6. The van der Waals surface area contributed by atoms with E-state index in [9.17, 15) is 9.50 Å². The molecule has 0 aliphatic heterocycles. The first-order chi connectivity index (χ1) is 12.2. The first kappa shape index (κ1) is 14.9. The molecule has 0 spiro atoms. The Morgan fingerprint density at radius 1 is 1.00 bits per heavy atom. The molecule has 0 atom stereocenters. The summed E-state index contributed by atoms with van der Waals surface area (Å²) in [6.45, 7) is 0. The molecule has 0 amide bonds. The standard InChI is InChI=1S/C17H13FN6O/c18-14-9-19-17(22-11-2-1-3-13(25)7-11)23-16(14)21-12-4-5-15-10(6-12)8-20-24-15/h1-9,25H,(H,20,24)(H2,19,21,22,23). The average molecular weight is 336 g/mol. The summed E-state index contributed by atoms with van der Waals surface area (Å²) in [4.78, 5) is 8.06. The second-order valence-corrected chi connectivity index (χ2v) is 5.36. The first-order valence-corrected chi connectivity index (χ1v) is 7.46. The summed E-state index contributed by atoms with van der Waals surface area (Å²) in [5.74, 6) is -0.216. The van der Waals surface area contributed by atoms with E-state index in [0.29, 0.717) is 11.4 Å². The summed E-state index contributed by atoms with van der Waals surface area (Å²) >= 11 is 0. The smallest absolute Gasteiger partial charge is 0.229 e. The second kappa shape index (κ2) is 6.08. The number of anilines is 4. The molecule has 4 aromatic rings. The molecule has 0 fully saturated rings. The predicted octanol–water partition coefficient (Wildman–Crippen LogP) is 3.68. The molecule has 2 aromatic heterocycles. The molecule has 0 radical (unpaired) electrons. The van der Waals surface area contributed by atoms with Crippen LogP contribution in [-0.2, 0) is 0 Å². The van der Waals surface area contributed by atoms with Crippen molar-refractivity contribution in [1.82, 2.24) is 20.2 Å². The van der Waals surface area contributed by atoms with E-state index in [2.05, 4.69) is 30.8 Å². The van der Waals surface area contributed by atoms with Gasteiger partial charge in [0.2, 0.25) is 5.95 Å². The minimum absolute atomic E-state index is 0.0421. The van der Waals surface area contributed by atoms with Crippen molar-refractivity contribution in [2.45, 2.75) is 0 Å². The van der Waals surface area contributed by atoms with Crippen molar-refractivity contribution >= 4 is 34.0 Å². The van der Waals surface area contributed by atoms with Crippen molar-refractivity contribution in [3.8, 4) is 5.75 Å². The molecule has 0 bridgehead atoms. The maximum atomic E-state index is 14.0. The van der Waals surface area contributed by atoms with Gasteiger partial charge in [-0.3, -0.25) is 5.10 Å². The fourth-order valence-corrected chi connectivity index (χ4v) is 2.38. The highest BCUT2D eigenvalue weighted by Crippen LogP contribution is 2.24. The van der Waals surface area contributed by atoms with Crippen LogP contribution in [0, 0.1) is 5.82 Å². The lowest BCUT2D eigenvalue weighted by atomic mass is 10.2. The van der Waals surface area contributed by atoms with Crippen molar-refractivity contribution in [2.24, 2.45) is 0 Å². The zero-order valence-corrected chi connectivity index (χ0v) is 12.9. The second-order valence-electron chi connectivity index (χ2n) is 5.36. The predicted molar refractivity (Wildman–Crippen MR) is 92.8 cm³/mol. The van der Waals surface area contributed by atoms with Crippen molar-refractivity contribution in [1.29, 1.82) is 0 Å². The van der Waals surface area contributed by atoms with Gasteiger partial charge in [0.25, 0.3) is 0 Å². The summed E-state index contributed by atoms with van der Waals surface area (Å²) in [5.41, 5.74) is 2.16. The molecule has 0 saturated heterocycles. The van der Waals surface area contributed by atoms with Crippen LogP contribution < -0.4 is 10.6 Å². The Kier molecular flexibility index (Phi) is 3.62. The SMILES string of the molecule is Oc1cccc(Nc2ncc(F)c(Nc3ccc4[nH]ncc4c3)n2)c1. The van der Waals surface area contributed by atoms with Gasteiger partial charge in [-0.05, 0) is 30.3 Å². The molecular weight excluding hydrogens is 323 g/mol. The Balaban J connectivity index is 1.60. The lowest BCUT2D eigenvalue weighted by Crippen LogP contribution is -2.03. The molecule has 0 saturated carbocycles. The Labute approximate surface area is 141 Å². The molecule has 2 heterocycles. The van der Waals surface area contributed by atoms with E-state index >= 15 is 0 Å². The molecular formula is C17H13FN6O. The van der Waals surface area contributed by atoms with Gasteiger partial charge >= 0.3 is 0 Å². The summed E-state index contributed by atoms with van der Waals surface area (Å²) in [6, 6.07) is 12.0. The van der Waals surface area contributed by atoms with E-state index in [0.717, 1.165) is 17.1 Å². The van der Waals surface area contributed by atoms with Crippen molar-refractivity contribution in [3.05, 3.63) is 60.7 Å². The van der Waals surface area contributed by atoms with Crippen molar-refractivity contribution < 1.29 is 9.50 Å². The number of phenols is 1.